The molecule has 2 atom stereocenters. The standard InChI is InChI=1S/C6H10O2/c1-3-6-7-4-5(2)8-6/h3,5-6H,1,4H2,2H3/t5-,6+/m0/s1. The molecule has 0 bridgehead atoms. The van der Waals surface area contributed by atoms with E-state index in [1.165, 1.54) is 0 Å². The van der Waals surface area contributed by atoms with Gasteiger partial charge in [-0.05, 0) is 13.0 Å². The molecule has 0 aromatic heterocycles. The van der Waals surface area contributed by atoms with Gasteiger partial charge in [0.1, 0.15) is 0 Å². The van der Waals surface area contributed by atoms with Crippen LogP contribution in [-0.2, 0) is 9.47 Å². The van der Waals surface area contributed by atoms with E-state index in [9.17, 15) is 0 Å². The number of ether oxygens (including phenoxy) is 2. The average Bonchev–Trinajstić information content (AvgIpc) is 2.14. The van der Waals surface area contributed by atoms with E-state index < -0.39 is 0 Å². The van der Waals surface area contributed by atoms with E-state index in [1.807, 2.05) is 6.92 Å². The van der Waals surface area contributed by atoms with Crippen LogP contribution in [0.25, 0.3) is 0 Å². The van der Waals surface area contributed by atoms with E-state index in [1.54, 1.807) is 6.08 Å². The van der Waals surface area contributed by atoms with Crippen molar-refractivity contribution in [2.75, 3.05) is 6.61 Å². The molecule has 1 fully saturated rings. The minimum atomic E-state index is -0.162. The van der Waals surface area contributed by atoms with Crippen molar-refractivity contribution >= 4 is 0 Å². The highest BCUT2D eigenvalue weighted by molar-refractivity contribution is 4.76. The first-order valence-electron chi connectivity index (χ1n) is 2.72. The maximum Gasteiger partial charge on any atom is 0.177 e. The molecule has 0 radical (unpaired) electrons. The van der Waals surface area contributed by atoms with Crippen molar-refractivity contribution in [3.05, 3.63) is 12.7 Å². The third-order valence-corrected chi connectivity index (χ3v) is 1.05. The molecule has 0 aromatic rings. The summed E-state index contributed by atoms with van der Waals surface area (Å²) in [6, 6.07) is 0. The average molecular weight is 114 g/mol. The van der Waals surface area contributed by atoms with Crippen LogP contribution in [0.3, 0.4) is 0 Å². The van der Waals surface area contributed by atoms with Gasteiger partial charge in [-0.3, -0.25) is 0 Å². The predicted octanol–water partition coefficient (Wildman–Crippen LogP) is 0.934. The number of hydrogen-bond acceptors (Lipinski definition) is 2. The van der Waals surface area contributed by atoms with Gasteiger partial charge in [0.05, 0.1) is 12.7 Å². The van der Waals surface area contributed by atoms with Gasteiger partial charge in [0.15, 0.2) is 6.29 Å². The molecular formula is C6H10O2. The normalized spacial score (nSPS) is 37.6. The summed E-state index contributed by atoms with van der Waals surface area (Å²) in [7, 11) is 0. The van der Waals surface area contributed by atoms with Gasteiger partial charge in [0.25, 0.3) is 0 Å². The second-order valence-electron chi connectivity index (χ2n) is 1.88. The number of hydrogen-bond donors (Lipinski definition) is 0. The summed E-state index contributed by atoms with van der Waals surface area (Å²) in [5.74, 6) is 0. The Kier molecular flexibility index (Phi) is 1.65. The summed E-state index contributed by atoms with van der Waals surface area (Å²) in [6.45, 7) is 6.19. The first-order valence-corrected chi connectivity index (χ1v) is 2.72. The molecule has 0 aliphatic carbocycles. The van der Waals surface area contributed by atoms with Crippen molar-refractivity contribution in [1.29, 1.82) is 0 Å². The van der Waals surface area contributed by atoms with Gasteiger partial charge in [-0.25, -0.2) is 0 Å². The van der Waals surface area contributed by atoms with E-state index in [0.29, 0.717) is 6.61 Å². The molecule has 8 heavy (non-hydrogen) atoms. The smallest absolute Gasteiger partial charge is 0.177 e. The lowest BCUT2D eigenvalue weighted by molar-refractivity contribution is -0.0158. The van der Waals surface area contributed by atoms with Crippen LogP contribution < -0.4 is 0 Å². The monoisotopic (exact) mass is 114 g/mol. The van der Waals surface area contributed by atoms with E-state index in [4.69, 9.17) is 9.47 Å². The Balaban J connectivity index is 2.32. The fraction of sp³-hybridized carbons (Fsp3) is 0.667. The third kappa shape index (κ3) is 1.08. The lowest BCUT2D eigenvalue weighted by Crippen LogP contribution is -2.04. The van der Waals surface area contributed by atoms with Gasteiger partial charge in [0.2, 0.25) is 0 Å². The highest BCUT2D eigenvalue weighted by atomic mass is 16.7. The third-order valence-electron chi connectivity index (χ3n) is 1.05. The van der Waals surface area contributed by atoms with Crippen LogP contribution in [0.15, 0.2) is 12.7 Å². The molecule has 46 valence electrons. The Labute approximate surface area is 49.1 Å². The molecule has 0 unspecified atom stereocenters. The second kappa shape index (κ2) is 2.29. The lowest BCUT2D eigenvalue weighted by atomic mass is 10.5. The fourth-order valence-electron chi connectivity index (χ4n) is 0.661. The zero-order valence-electron chi connectivity index (χ0n) is 4.96. The Bertz CT molecular complexity index is 90.5. The van der Waals surface area contributed by atoms with E-state index in [-0.39, 0.29) is 12.4 Å². The Morgan fingerprint density at radius 2 is 2.50 bits per heavy atom. The molecule has 1 aliphatic heterocycles. The van der Waals surface area contributed by atoms with E-state index in [0.717, 1.165) is 0 Å². The van der Waals surface area contributed by atoms with Crippen molar-refractivity contribution in [2.45, 2.75) is 19.3 Å². The predicted molar refractivity (Wildman–Crippen MR) is 30.5 cm³/mol. The Morgan fingerprint density at radius 3 is 2.75 bits per heavy atom. The van der Waals surface area contributed by atoms with Crippen molar-refractivity contribution < 1.29 is 9.47 Å². The molecule has 0 spiro atoms. The van der Waals surface area contributed by atoms with Crippen LogP contribution in [0.5, 0.6) is 0 Å². The molecule has 0 aromatic carbocycles. The molecule has 0 amide bonds. The zero-order valence-corrected chi connectivity index (χ0v) is 4.96. The first-order chi connectivity index (χ1) is 3.83. The minimum absolute atomic E-state index is 0.162. The topological polar surface area (TPSA) is 18.5 Å². The molecule has 1 heterocycles. The van der Waals surface area contributed by atoms with Gasteiger partial charge < -0.3 is 9.47 Å². The van der Waals surface area contributed by atoms with Crippen LogP contribution in [0, 0.1) is 0 Å². The summed E-state index contributed by atoms with van der Waals surface area (Å²) in [4.78, 5) is 0. The summed E-state index contributed by atoms with van der Waals surface area (Å²) < 4.78 is 10.2. The summed E-state index contributed by atoms with van der Waals surface area (Å²) in [5.41, 5.74) is 0. The second-order valence-corrected chi connectivity index (χ2v) is 1.88. The molecule has 0 N–H and O–H groups in total. The molecule has 0 saturated carbocycles. The fourth-order valence-corrected chi connectivity index (χ4v) is 0.661. The Hall–Kier alpha value is -0.340. The lowest BCUT2D eigenvalue weighted by Gasteiger charge is -2.00. The van der Waals surface area contributed by atoms with Crippen LogP contribution in [0.2, 0.25) is 0 Å². The van der Waals surface area contributed by atoms with Crippen molar-refractivity contribution in [1.82, 2.24) is 0 Å². The van der Waals surface area contributed by atoms with Crippen LogP contribution in [-0.4, -0.2) is 19.0 Å². The van der Waals surface area contributed by atoms with E-state index in [2.05, 4.69) is 6.58 Å². The van der Waals surface area contributed by atoms with Crippen LogP contribution in [0.4, 0.5) is 0 Å². The quantitative estimate of drug-likeness (QED) is 0.472. The summed E-state index contributed by atoms with van der Waals surface area (Å²) >= 11 is 0. The van der Waals surface area contributed by atoms with Crippen molar-refractivity contribution in [3.8, 4) is 0 Å². The SMILES string of the molecule is C=C[C@@H]1OC[C@H](C)O1. The molecule has 1 rings (SSSR count). The maximum absolute atomic E-state index is 5.17. The first kappa shape index (κ1) is 5.79. The summed E-state index contributed by atoms with van der Waals surface area (Å²) in [6.07, 6.45) is 1.73. The van der Waals surface area contributed by atoms with Gasteiger partial charge in [-0.1, -0.05) is 6.58 Å². The maximum atomic E-state index is 5.17. The summed E-state index contributed by atoms with van der Waals surface area (Å²) in [5, 5.41) is 0. The largest absolute Gasteiger partial charge is 0.346 e. The van der Waals surface area contributed by atoms with Crippen molar-refractivity contribution in [3.63, 3.8) is 0 Å². The van der Waals surface area contributed by atoms with Crippen LogP contribution >= 0.6 is 0 Å². The van der Waals surface area contributed by atoms with Gasteiger partial charge in [0, 0.05) is 0 Å². The number of rotatable bonds is 1. The van der Waals surface area contributed by atoms with Crippen molar-refractivity contribution in [2.24, 2.45) is 0 Å². The van der Waals surface area contributed by atoms with Crippen LogP contribution in [0.1, 0.15) is 6.92 Å². The van der Waals surface area contributed by atoms with Gasteiger partial charge >= 0.3 is 0 Å². The zero-order chi connectivity index (χ0) is 5.98. The van der Waals surface area contributed by atoms with Gasteiger partial charge in [-0.2, -0.15) is 0 Å². The molecule has 2 nitrogen and oxygen atoms in total. The molecule has 2 heteroatoms. The highest BCUT2D eigenvalue weighted by Gasteiger charge is 2.18. The molecule has 1 saturated heterocycles. The van der Waals surface area contributed by atoms with E-state index >= 15 is 0 Å². The van der Waals surface area contributed by atoms with Gasteiger partial charge in [-0.15, -0.1) is 0 Å². The molecule has 1 aliphatic rings. The highest BCUT2D eigenvalue weighted by Crippen LogP contribution is 2.10. The molecular weight excluding hydrogens is 104 g/mol. The Morgan fingerprint density at radius 1 is 1.75 bits per heavy atom. The minimum Gasteiger partial charge on any atom is -0.346 e.